The molecule has 160 valence electrons. The molecule has 1 aromatic carbocycles. The van der Waals surface area contributed by atoms with E-state index in [4.69, 9.17) is 21.6 Å². The molecule has 1 amide bonds. The van der Waals surface area contributed by atoms with Crippen LogP contribution >= 0.6 is 11.6 Å². The molecule has 1 aliphatic heterocycles. The normalized spacial score (nSPS) is 26.9. The number of allylic oxidation sites excluding steroid dienone is 1. The molecule has 0 spiro atoms. The van der Waals surface area contributed by atoms with Crippen molar-refractivity contribution in [2.75, 3.05) is 5.32 Å². The molecule has 3 fully saturated rings. The van der Waals surface area contributed by atoms with Gasteiger partial charge < -0.3 is 15.4 Å². The Morgan fingerprint density at radius 3 is 2.72 bits per heavy atom. The van der Waals surface area contributed by atoms with Crippen LogP contribution in [-0.2, 0) is 0 Å². The number of hydrogen-bond donors (Lipinski definition) is 2. The van der Waals surface area contributed by atoms with Gasteiger partial charge in [0.2, 0.25) is 11.8 Å². The number of hydrogen-bond acceptors (Lipinski definition) is 7. The van der Waals surface area contributed by atoms with E-state index >= 15 is 0 Å². The molecule has 3 saturated carbocycles. The third-order valence-electron chi connectivity index (χ3n) is 6.35. The number of benzene rings is 1. The van der Waals surface area contributed by atoms with Crippen molar-refractivity contribution >= 4 is 29.5 Å². The van der Waals surface area contributed by atoms with Crippen molar-refractivity contribution in [3.05, 3.63) is 45.6 Å². The average molecular weight is 447 g/mol. The van der Waals surface area contributed by atoms with E-state index in [0.717, 1.165) is 30.4 Å². The molecule has 9 heteroatoms. The number of fused-ring (bicyclic) bond motifs is 1. The van der Waals surface area contributed by atoms with Gasteiger partial charge >= 0.3 is 0 Å². The lowest BCUT2D eigenvalue weighted by Crippen LogP contribution is -2.70. The predicted molar refractivity (Wildman–Crippen MR) is 117 cm³/mol. The molecule has 3 aliphatic carbocycles. The van der Waals surface area contributed by atoms with Gasteiger partial charge in [0.1, 0.15) is 5.69 Å². The Balaban J connectivity index is 1.50. The Morgan fingerprint density at radius 1 is 1.31 bits per heavy atom. The van der Waals surface area contributed by atoms with Gasteiger partial charge in [0.25, 0.3) is 5.91 Å². The van der Waals surface area contributed by atoms with Crippen LogP contribution in [0.5, 0.6) is 11.6 Å². The molecular formula is C23H19ClN6O2. The van der Waals surface area contributed by atoms with Crippen molar-refractivity contribution < 1.29 is 9.53 Å². The maximum atomic E-state index is 12.5. The van der Waals surface area contributed by atoms with Crippen LogP contribution in [0.15, 0.2) is 18.2 Å². The first kappa shape index (κ1) is 20.3. The fourth-order valence-corrected chi connectivity index (χ4v) is 5.29. The van der Waals surface area contributed by atoms with Crippen molar-refractivity contribution in [1.82, 2.24) is 15.3 Å². The highest BCUT2D eigenvalue weighted by Gasteiger charge is 2.69. The molecule has 0 radical (unpaired) electrons. The average Bonchev–Trinajstić information content (AvgIpc) is 2.98. The number of aromatic nitrogens is 2. The number of nitriles is 2. The lowest BCUT2D eigenvalue weighted by molar-refractivity contribution is -0.0665. The molecule has 0 saturated heterocycles. The maximum Gasteiger partial charge on any atom is 0.271 e. The number of rotatable bonds is 5. The molecule has 1 aromatic heterocycles. The summed E-state index contributed by atoms with van der Waals surface area (Å²) in [6.07, 6.45) is 5.28. The Bertz CT molecular complexity index is 1250. The van der Waals surface area contributed by atoms with Crippen molar-refractivity contribution in [3.8, 4) is 23.8 Å². The van der Waals surface area contributed by atoms with Crippen molar-refractivity contribution in [3.63, 3.8) is 0 Å². The van der Waals surface area contributed by atoms with Crippen LogP contribution in [0.1, 0.15) is 59.4 Å². The number of carbonyl (C=O) groups excluding carboxylic acids is 1. The van der Waals surface area contributed by atoms with E-state index in [0.29, 0.717) is 22.3 Å². The van der Waals surface area contributed by atoms with Gasteiger partial charge in [-0.05, 0) is 62.4 Å². The number of carbonyl (C=O) groups is 1. The highest BCUT2D eigenvalue weighted by atomic mass is 35.5. The summed E-state index contributed by atoms with van der Waals surface area (Å²) in [5, 5.41) is 24.6. The van der Waals surface area contributed by atoms with Crippen LogP contribution in [0, 0.1) is 35.0 Å². The molecular weight excluding hydrogens is 428 g/mol. The fraction of sp³-hybridized carbons (Fsp3) is 0.348. The SMILES string of the molecule is Cc1cc(/C=C/C#N)cc(Cl)c1Oc1nc(NC23CC(C#N)(C2)C3)nc2c1[C@H](C)NC2=O. The lowest BCUT2D eigenvalue weighted by atomic mass is 9.40. The largest absolute Gasteiger partial charge is 0.437 e. The minimum atomic E-state index is -0.310. The maximum absolute atomic E-state index is 12.5. The number of amides is 1. The van der Waals surface area contributed by atoms with Crippen LogP contribution < -0.4 is 15.4 Å². The van der Waals surface area contributed by atoms with Crippen molar-refractivity contribution in [2.24, 2.45) is 5.41 Å². The summed E-state index contributed by atoms with van der Waals surface area (Å²) in [5.41, 5.74) is 1.98. The first-order valence-corrected chi connectivity index (χ1v) is 10.6. The molecule has 8 nitrogen and oxygen atoms in total. The monoisotopic (exact) mass is 446 g/mol. The summed E-state index contributed by atoms with van der Waals surface area (Å²) in [7, 11) is 0. The van der Waals surface area contributed by atoms with Gasteiger partial charge in [-0.25, -0.2) is 4.98 Å². The number of anilines is 1. The summed E-state index contributed by atoms with van der Waals surface area (Å²) in [6.45, 7) is 3.69. The molecule has 4 aliphatic rings. The van der Waals surface area contributed by atoms with Gasteiger partial charge in [-0.1, -0.05) is 11.6 Å². The summed E-state index contributed by atoms with van der Waals surface area (Å²) in [4.78, 5) is 21.5. The summed E-state index contributed by atoms with van der Waals surface area (Å²) >= 11 is 6.48. The van der Waals surface area contributed by atoms with Crippen LogP contribution in [0.3, 0.4) is 0 Å². The standard InChI is InChI=1S/C23H19ClN6O2/c1-12-6-14(4-3-5-25)7-15(24)18(12)32-20-16-13(2)27-19(31)17(16)28-21(29-20)30-23-8-22(9-23,10-23)11-26/h3-4,6-7,13H,8-10H2,1-2H3,(H,27,31)(H,28,29,30)/b4-3+/t13-,22?,23?/m0/s1. The zero-order valence-corrected chi connectivity index (χ0v) is 18.2. The molecule has 1 atom stereocenters. The van der Waals surface area contributed by atoms with Gasteiger partial charge in [-0.3, -0.25) is 4.79 Å². The highest BCUT2D eigenvalue weighted by molar-refractivity contribution is 6.32. The second-order valence-electron chi connectivity index (χ2n) is 8.85. The Kier molecular flexibility index (Phi) is 4.40. The summed E-state index contributed by atoms with van der Waals surface area (Å²) in [6, 6.07) is 7.58. The minimum Gasteiger partial charge on any atom is -0.437 e. The van der Waals surface area contributed by atoms with Crippen molar-refractivity contribution in [1.29, 1.82) is 10.5 Å². The Morgan fingerprint density at radius 2 is 2.06 bits per heavy atom. The van der Waals surface area contributed by atoms with Gasteiger partial charge in [0, 0.05) is 11.6 Å². The van der Waals surface area contributed by atoms with Gasteiger partial charge in [0.05, 0.1) is 34.2 Å². The summed E-state index contributed by atoms with van der Waals surface area (Å²) < 4.78 is 6.16. The smallest absolute Gasteiger partial charge is 0.271 e. The number of halogens is 1. The van der Waals surface area contributed by atoms with E-state index in [2.05, 4.69) is 26.7 Å². The number of nitrogens with zero attached hydrogens (tertiary/aromatic N) is 4. The summed E-state index contributed by atoms with van der Waals surface area (Å²) in [5.74, 6) is 0.702. The zero-order chi connectivity index (χ0) is 22.7. The van der Waals surface area contributed by atoms with E-state index in [9.17, 15) is 10.1 Å². The molecule has 32 heavy (non-hydrogen) atoms. The van der Waals surface area contributed by atoms with Crippen LogP contribution in [-0.4, -0.2) is 21.4 Å². The van der Waals surface area contributed by atoms with Crippen molar-refractivity contribution in [2.45, 2.75) is 44.7 Å². The van der Waals surface area contributed by atoms with Gasteiger partial charge in [-0.15, -0.1) is 0 Å². The van der Waals surface area contributed by atoms with Gasteiger partial charge in [0.15, 0.2) is 5.75 Å². The van der Waals surface area contributed by atoms with E-state index in [-0.39, 0.29) is 34.5 Å². The number of aryl methyl sites for hydroxylation is 1. The number of nitrogens with one attached hydrogen (secondary N) is 2. The second kappa shape index (κ2) is 6.94. The van der Waals surface area contributed by atoms with Crippen LogP contribution in [0.25, 0.3) is 6.08 Å². The fourth-order valence-electron chi connectivity index (χ4n) is 4.97. The topological polar surface area (TPSA) is 124 Å². The number of ether oxygens (including phenoxy) is 1. The van der Waals surface area contributed by atoms with Crippen LogP contribution in [0.4, 0.5) is 5.95 Å². The van der Waals surface area contributed by atoms with E-state index < -0.39 is 0 Å². The Labute approximate surface area is 189 Å². The van der Waals surface area contributed by atoms with Gasteiger partial charge in [-0.2, -0.15) is 15.5 Å². The molecule has 2 aromatic rings. The molecule has 6 rings (SSSR count). The third-order valence-corrected chi connectivity index (χ3v) is 6.63. The third kappa shape index (κ3) is 3.07. The first-order chi connectivity index (χ1) is 15.3. The Hall–Kier alpha value is -3.62. The van der Waals surface area contributed by atoms with E-state index in [1.54, 1.807) is 12.1 Å². The molecule has 2 bridgehead atoms. The van der Waals surface area contributed by atoms with Crippen LogP contribution in [0.2, 0.25) is 5.02 Å². The van der Waals surface area contributed by atoms with E-state index in [1.165, 1.54) is 6.08 Å². The second-order valence-corrected chi connectivity index (χ2v) is 9.26. The molecule has 2 heterocycles. The predicted octanol–water partition coefficient (Wildman–Crippen LogP) is 4.43. The molecule has 0 unspecified atom stereocenters. The highest BCUT2D eigenvalue weighted by Crippen LogP contribution is 2.67. The van der Waals surface area contributed by atoms with E-state index in [1.807, 2.05) is 26.0 Å². The lowest BCUT2D eigenvalue weighted by Gasteiger charge is -2.66. The molecule has 2 N–H and O–H groups in total. The quantitative estimate of drug-likeness (QED) is 0.651. The zero-order valence-electron chi connectivity index (χ0n) is 17.5. The first-order valence-electron chi connectivity index (χ1n) is 10.2. The minimum absolute atomic E-state index is 0.190.